The molecule has 0 aromatic carbocycles. The summed E-state index contributed by atoms with van der Waals surface area (Å²) in [5, 5.41) is 11.4. The third-order valence-electron chi connectivity index (χ3n) is 2.47. The summed E-state index contributed by atoms with van der Waals surface area (Å²) in [6.45, 7) is 0. The fraction of sp³-hybridized carbons (Fsp3) is 0.500. The van der Waals surface area contributed by atoms with Crippen LogP contribution in [0.1, 0.15) is 25.7 Å². The van der Waals surface area contributed by atoms with Gasteiger partial charge in [0.1, 0.15) is 0 Å². The zero-order chi connectivity index (χ0) is 9.80. The molecule has 4 heteroatoms. The van der Waals surface area contributed by atoms with E-state index in [0.717, 1.165) is 10.8 Å². The van der Waals surface area contributed by atoms with Crippen LogP contribution in [0, 0.1) is 0 Å². The molecule has 1 fully saturated rings. The van der Waals surface area contributed by atoms with E-state index < -0.39 is 0 Å². The average Bonchev–Trinajstić information content (AvgIpc) is 2.76. The van der Waals surface area contributed by atoms with Gasteiger partial charge in [-0.2, -0.15) is 11.3 Å². The number of anilines is 1. The predicted octanol–water partition coefficient (Wildman–Crippen LogP) is 2.98. The Morgan fingerprint density at radius 3 is 2.86 bits per heavy atom. The number of thiophene rings is 1. The Morgan fingerprint density at radius 2 is 2.21 bits per heavy atom. The van der Waals surface area contributed by atoms with Gasteiger partial charge in [0.2, 0.25) is 0 Å². The normalized spacial score (nSPS) is 16.9. The first-order valence-electron chi connectivity index (χ1n) is 4.94. The fourth-order valence-electron chi connectivity index (χ4n) is 1.76. The molecule has 1 aliphatic rings. The van der Waals surface area contributed by atoms with E-state index in [2.05, 4.69) is 16.0 Å². The molecule has 2 rings (SSSR count). The van der Waals surface area contributed by atoms with E-state index in [4.69, 9.17) is 12.2 Å². The van der Waals surface area contributed by atoms with Crippen LogP contribution >= 0.6 is 23.6 Å². The van der Waals surface area contributed by atoms with E-state index >= 15 is 0 Å². The molecule has 1 aromatic heterocycles. The number of rotatable bonds is 2. The molecular weight excluding hydrogens is 212 g/mol. The van der Waals surface area contributed by atoms with Crippen LogP contribution in [0.15, 0.2) is 16.8 Å². The molecule has 14 heavy (non-hydrogen) atoms. The summed E-state index contributed by atoms with van der Waals surface area (Å²) in [7, 11) is 0. The maximum atomic E-state index is 5.22. The van der Waals surface area contributed by atoms with E-state index in [1.807, 2.05) is 11.4 Å². The monoisotopic (exact) mass is 226 g/mol. The molecule has 2 N–H and O–H groups in total. The highest BCUT2D eigenvalue weighted by atomic mass is 32.1. The molecule has 0 atom stereocenters. The zero-order valence-corrected chi connectivity index (χ0v) is 9.59. The molecule has 76 valence electrons. The van der Waals surface area contributed by atoms with Gasteiger partial charge in [0.25, 0.3) is 0 Å². The summed E-state index contributed by atoms with van der Waals surface area (Å²) in [6.07, 6.45) is 5.17. The molecule has 0 spiro atoms. The second kappa shape index (κ2) is 4.75. The maximum Gasteiger partial charge on any atom is 0.171 e. The van der Waals surface area contributed by atoms with Crippen LogP contribution in [-0.4, -0.2) is 11.2 Å². The second-order valence-corrected chi connectivity index (χ2v) is 4.78. The highest BCUT2D eigenvalue weighted by Crippen LogP contribution is 2.18. The third kappa shape index (κ3) is 2.69. The fourth-order valence-corrected chi connectivity index (χ4v) is 2.63. The van der Waals surface area contributed by atoms with Crippen LogP contribution in [0.2, 0.25) is 0 Å². The number of nitrogens with one attached hydrogen (secondary N) is 2. The van der Waals surface area contributed by atoms with Gasteiger partial charge in [-0.25, -0.2) is 0 Å². The van der Waals surface area contributed by atoms with E-state index in [1.165, 1.54) is 25.7 Å². The Bertz CT molecular complexity index is 289. The van der Waals surface area contributed by atoms with Gasteiger partial charge in [-0.3, -0.25) is 0 Å². The molecule has 2 nitrogen and oxygen atoms in total. The first kappa shape index (κ1) is 9.93. The lowest BCUT2D eigenvalue weighted by Crippen LogP contribution is -2.35. The van der Waals surface area contributed by atoms with Crippen molar-refractivity contribution in [3.8, 4) is 0 Å². The van der Waals surface area contributed by atoms with Gasteiger partial charge >= 0.3 is 0 Å². The quantitative estimate of drug-likeness (QED) is 0.758. The lowest BCUT2D eigenvalue weighted by Gasteiger charge is -2.14. The molecule has 0 saturated heterocycles. The van der Waals surface area contributed by atoms with Crippen LogP contribution < -0.4 is 10.6 Å². The van der Waals surface area contributed by atoms with E-state index in [1.54, 1.807) is 11.3 Å². The molecule has 0 amide bonds. The smallest absolute Gasteiger partial charge is 0.171 e. The third-order valence-corrected chi connectivity index (χ3v) is 3.37. The van der Waals surface area contributed by atoms with Crippen molar-refractivity contribution < 1.29 is 0 Å². The summed E-state index contributed by atoms with van der Waals surface area (Å²) < 4.78 is 0. The molecule has 1 heterocycles. The molecule has 1 aliphatic carbocycles. The summed E-state index contributed by atoms with van der Waals surface area (Å²) in [5.74, 6) is 0. The predicted molar refractivity (Wildman–Crippen MR) is 65.9 cm³/mol. The summed E-state index contributed by atoms with van der Waals surface area (Å²) in [4.78, 5) is 0. The van der Waals surface area contributed by atoms with E-state index in [9.17, 15) is 0 Å². The van der Waals surface area contributed by atoms with Gasteiger partial charge in [0.15, 0.2) is 5.11 Å². The maximum absolute atomic E-state index is 5.22. The Kier molecular flexibility index (Phi) is 3.37. The largest absolute Gasteiger partial charge is 0.360 e. The van der Waals surface area contributed by atoms with Crippen LogP contribution in [0.25, 0.3) is 0 Å². The van der Waals surface area contributed by atoms with Crippen molar-refractivity contribution in [2.45, 2.75) is 31.7 Å². The van der Waals surface area contributed by atoms with Gasteiger partial charge in [0.05, 0.1) is 5.69 Å². The molecule has 0 radical (unpaired) electrons. The van der Waals surface area contributed by atoms with Crippen LogP contribution in [-0.2, 0) is 0 Å². The lowest BCUT2D eigenvalue weighted by atomic mass is 10.3. The van der Waals surface area contributed by atoms with Gasteiger partial charge in [-0.05, 0) is 36.5 Å². The van der Waals surface area contributed by atoms with Crippen LogP contribution in [0.3, 0.4) is 0 Å². The summed E-state index contributed by atoms with van der Waals surface area (Å²) in [6, 6.07) is 2.63. The Hall–Kier alpha value is -0.610. The zero-order valence-electron chi connectivity index (χ0n) is 7.95. The van der Waals surface area contributed by atoms with Gasteiger partial charge in [-0.1, -0.05) is 12.8 Å². The molecule has 1 aromatic rings. The SMILES string of the molecule is S=C(Nc1ccsc1)NC1CCCC1. The number of hydrogen-bond donors (Lipinski definition) is 2. The van der Waals surface area contributed by atoms with Crippen molar-refractivity contribution in [3.05, 3.63) is 16.8 Å². The summed E-state index contributed by atoms with van der Waals surface area (Å²) >= 11 is 6.90. The Morgan fingerprint density at radius 1 is 1.43 bits per heavy atom. The first-order valence-corrected chi connectivity index (χ1v) is 6.29. The lowest BCUT2D eigenvalue weighted by molar-refractivity contribution is 0.634. The average molecular weight is 226 g/mol. The van der Waals surface area contributed by atoms with Gasteiger partial charge in [0, 0.05) is 11.4 Å². The van der Waals surface area contributed by atoms with Crippen molar-refractivity contribution in [2.24, 2.45) is 0 Å². The van der Waals surface area contributed by atoms with Crippen molar-refractivity contribution in [1.29, 1.82) is 0 Å². The number of thiocarbonyl (C=S) groups is 1. The van der Waals surface area contributed by atoms with Gasteiger partial charge in [-0.15, -0.1) is 0 Å². The van der Waals surface area contributed by atoms with Crippen LogP contribution in [0.4, 0.5) is 5.69 Å². The van der Waals surface area contributed by atoms with Crippen molar-refractivity contribution in [3.63, 3.8) is 0 Å². The molecule has 0 bridgehead atoms. The minimum absolute atomic E-state index is 0.591. The van der Waals surface area contributed by atoms with E-state index in [-0.39, 0.29) is 0 Å². The Balaban J connectivity index is 1.78. The van der Waals surface area contributed by atoms with Crippen molar-refractivity contribution in [2.75, 3.05) is 5.32 Å². The Labute approximate surface area is 93.7 Å². The minimum atomic E-state index is 0.591. The first-order chi connectivity index (χ1) is 6.84. The van der Waals surface area contributed by atoms with E-state index in [0.29, 0.717) is 6.04 Å². The topological polar surface area (TPSA) is 24.1 Å². The molecular formula is C10H14N2S2. The minimum Gasteiger partial charge on any atom is -0.360 e. The highest BCUT2D eigenvalue weighted by molar-refractivity contribution is 7.80. The standard InChI is InChI=1S/C10H14N2S2/c13-10(11-8-3-1-2-4-8)12-9-5-6-14-7-9/h5-8H,1-4H2,(H2,11,12,13). The second-order valence-electron chi connectivity index (χ2n) is 3.59. The summed E-state index contributed by atoms with van der Waals surface area (Å²) in [5.41, 5.74) is 1.09. The van der Waals surface area contributed by atoms with Gasteiger partial charge < -0.3 is 10.6 Å². The van der Waals surface area contributed by atoms with Crippen LogP contribution in [0.5, 0.6) is 0 Å². The molecule has 0 aliphatic heterocycles. The number of hydrogen-bond acceptors (Lipinski definition) is 2. The van der Waals surface area contributed by atoms with Crippen molar-refractivity contribution in [1.82, 2.24) is 5.32 Å². The molecule has 0 unspecified atom stereocenters. The van der Waals surface area contributed by atoms with Crippen molar-refractivity contribution >= 4 is 34.4 Å². The molecule has 1 saturated carbocycles. The highest BCUT2D eigenvalue weighted by Gasteiger charge is 2.15.